The van der Waals surface area contributed by atoms with Gasteiger partial charge in [-0.05, 0) is 0 Å². The molecule has 10 heavy (non-hydrogen) atoms. The lowest BCUT2D eigenvalue weighted by Crippen LogP contribution is -2.47. The molecule has 0 aromatic rings. The summed E-state index contributed by atoms with van der Waals surface area (Å²) in [6.45, 7) is 1.24. The van der Waals surface area contributed by atoms with Crippen molar-refractivity contribution in [1.29, 1.82) is 0 Å². The highest BCUT2D eigenvalue weighted by molar-refractivity contribution is 5.75. The fourth-order valence-electron chi connectivity index (χ4n) is 0.689. The van der Waals surface area contributed by atoms with Gasteiger partial charge in [-0.3, -0.25) is 9.59 Å². The average Bonchev–Trinajstić information content (AvgIpc) is 1.79. The van der Waals surface area contributed by atoms with E-state index in [1.807, 2.05) is 0 Å². The first-order chi connectivity index (χ1) is 4.84. The van der Waals surface area contributed by atoms with Crippen molar-refractivity contribution in [3.63, 3.8) is 0 Å². The molecule has 56 valence electrons. The van der Waals surface area contributed by atoms with Gasteiger partial charge in [-0.15, -0.1) is 0 Å². The molecule has 0 aromatic heterocycles. The molecule has 1 heterocycles. The van der Waals surface area contributed by atoms with Gasteiger partial charge in [0.25, 0.3) is 0 Å². The molecular weight excluding hydrogens is 134 g/mol. The molecule has 0 unspecified atom stereocenters. The second-order valence-electron chi connectivity index (χ2n) is 2.15. The number of hydrogen-bond acceptors (Lipinski definition) is 4. The van der Waals surface area contributed by atoms with Gasteiger partial charge in [0, 0.05) is 13.1 Å². The van der Waals surface area contributed by atoms with E-state index in [9.17, 15) is 9.59 Å². The number of nitrogens with one attached hydrogen (secondary N) is 1. The normalized spacial score (nSPS) is 17.6. The first-order valence-corrected chi connectivity index (χ1v) is 3.15. The molecule has 4 nitrogen and oxygen atoms in total. The van der Waals surface area contributed by atoms with Gasteiger partial charge in [-0.25, -0.2) is 0 Å². The Morgan fingerprint density at radius 1 is 1.70 bits per heavy atom. The van der Waals surface area contributed by atoms with Crippen LogP contribution < -0.4 is 5.32 Å². The fourth-order valence-corrected chi connectivity index (χ4v) is 0.689. The van der Waals surface area contributed by atoms with E-state index in [2.05, 4.69) is 10.1 Å². The number of esters is 1. The van der Waals surface area contributed by atoms with Crippen molar-refractivity contribution in [3.05, 3.63) is 0 Å². The molecule has 0 spiro atoms. The number of ether oxygens (including phenoxy) is 1. The Hall–Kier alpha value is -0.900. The van der Waals surface area contributed by atoms with Crippen LogP contribution in [0.5, 0.6) is 0 Å². The molecular formula is C6H9NO3. The van der Waals surface area contributed by atoms with Gasteiger partial charge < -0.3 is 10.1 Å². The predicted molar refractivity (Wildman–Crippen MR) is 33.4 cm³/mol. The summed E-state index contributed by atoms with van der Waals surface area (Å²) < 4.78 is 4.55. The van der Waals surface area contributed by atoms with Crippen LogP contribution in [0.15, 0.2) is 0 Å². The van der Waals surface area contributed by atoms with Crippen molar-refractivity contribution in [2.75, 3.05) is 19.7 Å². The van der Waals surface area contributed by atoms with Crippen molar-refractivity contribution in [2.45, 2.75) is 0 Å². The zero-order chi connectivity index (χ0) is 7.40. The van der Waals surface area contributed by atoms with E-state index in [4.69, 9.17) is 0 Å². The van der Waals surface area contributed by atoms with E-state index in [-0.39, 0.29) is 18.5 Å². The standard InChI is InChI=1S/C6H9NO3/c8-1-2-10-6(9)5-3-7-4-5/h1,5,7H,2-4H2. The van der Waals surface area contributed by atoms with Gasteiger partial charge in [0.1, 0.15) is 6.61 Å². The third kappa shape index (κ3) is 1.54. The summed E-state index contributed by atoms with van der Waals surface area (Å²) >= 11 is 0. The molecule has 0 saturated carbocycles. The van der Waals surface area contributed by atoms with Crippen molar-refractivity contribution >= 4 is 12.3 Å². The van der Waals surface area contributed by atoms with E-state index in [1.54, 1.807) is 0 Å². The van der Waals surface area contributed by atoms with Crippen molar-refractivity contribution in [1.82, 2.24) is 5.32 Å². The highest BCUT2D eigenvalue weighted by Gasteiger charge is 2.25. The Labute approximate surface area is 58.5 Å². The molecule has 1 fully saturated rings. The number of carbonyl (C=O) groups excluding carboxylic acids is 2. The van der Waals surface area contributed by atoms with Crippen LogP contribution >= 0.6 is 0 Å². The Kier molecular flexibility index (Phi) is 2.39. The molecule has 0 radical (unpaired) electrons. The van der Waals surface area contributed by atoms with Crippen LogP contribution in [0.3, 0.4) is 0 Å². The van der Waals surface area contributed by atoms with Crippen molar-refractivity contribution in [2.24, 2.45) is 5.92 Å². The van der Waals surface area contributed by atoms with Gasteiger partial charge in [0.05, 0.1) is 5.92 Å². The lowest BCUT2D eigenvalue weighted by atomic mass is 10.0. The molecule has 1 saturated heterocycles. The molecule has 1 aliphatic heterocycles. The van der Waals surface area contributed by atoms with Crippen LogP contribution in [-0.4, -0.2) is 32.0 Å². The van der Waals surface area contributed by atoms with E-state index in [1.165, 1.54) is 0 Å². The maximum atomic E-state index is 10.8. The minimum absolute atomic E-state index is 0.0278. The van der Waals surface area contributed by atoms with Crippen LogP contribution in [0.25, 0.3) is 0 Å². The van der Waals surface area contributed by atoms with Gasteiger partial charge >= 0.3 is 5.97 Å². The largest absolute Gasteiger partial charge is 0.458 e. The van der Waals surface area contributed by atoms with E-state index in [0.29, 0.717) is 19.4 Å². The summed E-state index contributed by atoms with van der Waals surface area (Å²) in [6, 6.07) is 0. The molecule has 0 bridgehead atoms. The topological polar surface area (TPSA) is 55.4 Å². The molecule has 1 aliphatic rings. The first-order valence-electron chi connectivity index (χ1n) is 3.15. The fraction of sp³-hybridized carbons (Fsp3) is 0.667. The molecule has 0 aromatic carbocycles. The average molecular weight is 143 g/mol. The summed E-state index contributed by atoms with van der Waals surface area (Å²) in [4.78, 5) is 20.5. The minimum atomic E-state index is -0.272. The van der Waals surface area contributed by atoms with Gasteiger partial charge in [-0.1, -0.05) is 0 Å². The third-order valence-electron chi connectivity index (χ3n) is 1.41. The second-order valence-corrected chi connectivity index (χ2v) is 2.15. The summed E-state index contributed by atoms with van der Waals surface area (Å²) in [5, 5.41) is 2.93. The van der Waals surface area contributed by atoms with Gasteiger partial charge in [-0.2, -0.15) is 0 Å². The lowest BCUT2D eigenvalue weighted by molar-refractivity contribution is -0.151. The predicted octanol–water partition coefficient (Wildman–Crippen LogP) is -1.05. The summed E-state index contributed by atoms with van der Waals surface area (Å²) in [7, 11) is 0. The van der Waals surface area contributed by atoms with Crippen LogP contribution in [-0.2, 0) is 14.3 Å². The monoisotopic (exact) mass is 143 g/mol. The summed E-state index contributed by atoms with van der Waals surface area (Å²) in [5.74, 6) is -0.300. The van der Waals surface area contributed by atoms with Crippen LogP contribution in [0.4, 0.5) is 0 Å². The second kappa shape index (κ2) is 3.31. The Morgan fingerprint density at radius 3 is 2.80 bits per heavy atom. The van der Waals surface area contributed by atoms with E-state index >= 15 is 0 Å². The molecule has 1 N–H and O–H groups in total. The van der Waals surface area contributed by atoms with Crippen LogP contribution in [0.1, 0.15) is 0 Å². The highest BCUT2D eigenvalue weighted by Crippen LogP contribution is 2.03. The van der Waals surface area contributed by atoms with E-state index in [0.717, 1.165) is 0 Å². The highest BCUT2D eigenvalue weighted by atomic mass is 16.5. The number of hydrogen-bond donors (Lipinski definition) is 1. The zero-order valence-electron chi connectivity index (χ0n) is 5.50. The Morgan fingerprint density at radius 2 is 2.40 bits per heavy atom. The maximum absolute atomic E-state index is 10.8. The molecule has 0 atom stereocenters. The smallest absolute Gasteiger partial charge is 0.311 e. The molecule has 1 rings (SSSR count). The minimum Gasteiger partial charge on any atom is -0.458 e. The van der Waals surface area contributed by atoms with Crippen molar-refractivity contribution in [3.8, 4) is 0 Å². The zero-order valence-corrected chi connectivity index (χ0v) is 5.50. The summed E-state index contributed by atoms with van der Waals surface area (Å²) in [5.41, 5.74) is 0. The molecule has 4 heteroatoms. The Balaban J connectivity index is 2.13. The quantitative estimate of drug-likeness (QED) is 0.404. The number of carbonyl (C=O) groups is 2. The van der Waals surface area contributed by atoms with Crippen molar-refractivity contribution < 1.29 is 14.3 Å². The van der Waals surface area contributed by atoms with Crippen LogP contribution in [0.2, 0.25) is 0 Å². The Bertz CT molecular complexity index is 142. The third-order valence-corrected chi connectivity index (χ3v) is 1.41. The van der Waals surface area contributed by atoms with Gasteiger partial charge in [0.2, 0.25) is 0 Å². The number of aldehydes is 1. The van der Waals surface area contributed by atoms with Crippen LogP contribution in [0, 0.1) is 5.92 Å². The lowest BCUT2D eigenvalue weighted by Gasteiger charge is -2.24. The molecule has 0 amide bonds. The number of rotatable bonds is 3. The summed E-state index contributed by atoms with van der Waals surface area (Å²) in [6.07, 6.45) is 0.573. The molecule has 0 aliphatic carbocycles. The van der Waals surface area contributed by atoms with Gasteiger partial charge in [0.15, 0.2) is 6.29 Å². The van der Waals surface area contributed by atoms with E-state index < -0.39 is 0 Å². The first kappa shape index (κ1) is 7.21. The SMILES string of the molecule is O=CCOC(=O)C1CNC1. The maximum Gasteiger partial charge on any atom is 0.311 e.